The van der Waals surface area contributed by atoms with E-state index in [4.69, 9.17) is 0 Å². The lowest BCUT2D eigenvalue weighted by Crippen LogP contribution is -1.92. The fourth-order valence-corrected chi connectivity index (χ4v) is 2.00. The minimum atomic E-state index is -0.371. The number of rotatable bonds is 2. The van der Waals surface area contributed by atoms with Crippen LogP contribution in [0.4, 0.5) is 5.69 Å². The highest BCUT2D eigenvalue weighted by atomic mass is 32.1. The molecule has 0 aliphatic carbocycles. The topological polar surface area (TPSA) is 56.0 Å². The van der Waals surface area contributed by atoms with Crippen LogP contribution in [-0.2, 0) is 0 Å². The van der Waals surface area contributed by atoms with Crippen LogP contribution in [0.1, 0.15) is 5.56 Å². The van der Waals surface area contributed by atoms with Gasteiger partial charge in [0.1, 0.15) is 5.01 Å². The van der Waals surface area contributed by atoms with Gasteiger partial charge in [0, 0.05) is 17.6 Å². The van der Waals surface area contributed by atoms with E-state index in [1.165, 1.54) is 11.3 Å². The zero-order chi connectivity index (χ0) is 10.8. The third-order valence-corrected chi connectivity index (χ3v) is 2.82. The number of aryl methyl sites for hydroxylation is 1. The van der Waals surface area contributed by atoms with Crippen LogP contribution in [0.15, 0.2) is 29.8 Å². The van der Waals surface area contributed by atoms with Crippen molar-refractivity contribution in [3.05, 3.63) is 45.5 Å². The Balaban J connectivity index is 2.61. The van der Waals surface area contributed by atoms with Gasteiger partial charge in [-0.25, -0.2) is 4.98 Å². The Labute approximate surface area is 90.4 Å². The third-order valence-electron chi connectivity index (χ3n) is 2.01. The van der Waals surface area contributed by atoms with E-state index >= 15 is 0 Å². The van der Waals surface area contributed by atoms with Gasteiger partial charge in [-0.3, -0.25) is 10.1 Å². The summed E-state index contributed by atoms with van der Waals surface area (Å²) in [5.74, 6) is 0. The first kappa shape index (κ1) is 9.79. The number of benzene rings is 1. The van der Waals surface area contributed by atoms with E-state index in [1.807, 2.05) is 13.0 Å². The van der Waals surface area contributed by atoms with Gasteiger partial charge in [-0.2, -0.15) is 0 Å². The molecule has 0 N–H and O–H groups in total. The smallest absolute Gasteiger partial charge is 0.258 e. The predicted molar refractivity (Wildman–Crippen MR) is 58.9 cm³/mol. The van der Waals surface area contributed by atoms with E-state index < -0.39 is 0 Å². The Morgan fingerprint density at radius 2 is 2.27 bits per heavy atom. The Hall–Kier alpha value is -1.75. The molecule has 2 rings (SSSR count). The molecule has 5 heteroatoms. The van der Waals surface area contributed by atoms with Crippen LogP contribution in [0.25, 0.3) is 10.6 Å². The first-order chi connectivity index (χ1) is 7.18. The second-order valence-corrected chi connectivity index (χ2v) is 4.01. The van der Waals surface area contributed by atoms with Gasteiger partial charge in [0.2, 0.25) is 0 Å². The second-order valence-electron chi connectivity index (χ2n) is 3.11. The molecule has 1 aromatic heterocycles. The Bertz CT molecular complexity index is 494. The van der Waals surface area contributed by atoms with E-state index in [2.05, 4.69) is 4.98 Å². The zero-order valence-electron chi connectivity index (χ0n) is 8.01. The number of aromatic nitrogens is 1. The zero-order valence-corrected chi connectivity index (χ0v) is 8.82. The minimum absolute atomic E-state index is 0.116. The standard InChI is InChI=1S/C10H8N2O2S/c1-7-2-3-8(9(6-7)12(13)14)10-11-4-5-15-10/h2-6H,1H3. The molecule has 0 atom stereocenters. The van der Waals surface area contributed by atoms with Crippen LogP contribution >= 0.6 is 11.3 Å². The van der Waals surface area contributed by atoms with Crippen molar-refractivity contribution >= 4 is 17.0 Å². The van der Waals surface area contributed by atoms with Gasteiger partial charge in [-0.1, -0.05) is 6.07 Å². The van der Waals surface area contributed by atoms with Crippen LogP contribution in [0.3, 0.4) is 0 Å². The van der Waals surface area contributed by atoms with Gasteiger partial charge in [0.05, 0.1) is 10.5 Å². The maximum atomic E-state index is 10.9. The summed E-state index contributed by atoms with van der Waals surface area (Å²) in [7, 11) is 0. The lowest BCUT2D eigenvalue weighted by atomic mass is 10.1. The van der Waals surface area contributed by atoms with Crippen molar-refractivity contribution in [1.82, 2.24) is 4.98 Å². The summed E-state index contributed by atoms with van der Waals surface area (Å²) in [4.78, 5) is 14.6. The molecule has 0 amide bonds. The Kier molecular flexibility index (Phi) is 2.47. The summed E-state index contributed by atoms with van der Waals surface area (Å²) < 4.78 is 0. The number of hydrogen-bond donors (Lipinski definition) is 0. The number of thiazole rings is 1. The van der Waals surface area contributed by atoms with Crippen LogP contribution in [0.5, 0.6) is 0 Å². The maximum absolute atomic E-state index is 10.9. The van der Waals surface area contributed by atoms with Gasteiger partial charge in [-0.05, 0) is 18.6 Å². The van der Waals surface area contributed by atoms with Crippen molar-refractivity contribution in [3.63, 3.8) is 0 Å². The molecule has 0 unspecified atom stereocenters. The number of nitrogens with zero attached hydrogens (tertiary/aromatic N) is 2. The van der Waals surface area contributed by atoms with Crippen molar-refractivity contribution in [2.45, 2.75) is 6.92 Å². The number of nitro benzene ring substituents is 1. The molecule has 1 heterocycles. The molecule has 1 aromatic carbocycles. The molecule has 0 bridgehead atoms. The molecule has 0 aliphatic heterocycles. The molecule has 76 valence electrons. The van der Waals surface area contributed by atoms with Crippen LogP contribution in [0, 0.1) is 17.0 Å². The van der Waals surface area contributed by atoms with E-state index in [0.29, 0.717) is 10.6 Å². The van der Waals surface area contributed by atoms with E-state index in [9.17, 15) is 10.1 Å². The Morgan fingerprint density at radius 3 is 2.87 bits per heavy atom. The van der Waals surface area contributed by atoms with Gasteiger partial charge in [0.25, 0.3) is 5.69 Å². The summed E-state index contributed by atoms with van der Waals surface area (Å²) >= 11 is 1.40. The summed E-state index contributed by atoms with van der Waals surface area (Å²) in [6.45, 7) is 1.83. The molecule has 0 radical (unpaired) electrons. The van der Waals surface area contributed by atoms with E-state index in [-0.39, 0.29) is 10.6 Å². The fourth-order valence-electron chi connectivity index (χ4n) is 1.33. The van der Waals surface area contributed by atoms with E-state index in [1.54, 1.807) is 23.7 Å². The predicted octanol–water partition coefficient (Wildman–Crippen LogP) is 3.03. The van der Waals surface area contributed by atoms with Gasteiger partial charge in [0.15, 0.2) is 0 Å². The van der Waals surface area contributed by atoms with E-state index in [0.717, 1.165) is 5.56 Å². The fraction of sp³-hybridized carbons (Fsp3) is 0.100. The molecule has 0 aliphatic rings. The highest BCUT2D eigenvalue weighted by Gasteiger charge is 2.16. The molecule has 4 nitrogen and oxygen atoms in total. The molecule has 0 fully saturated rings. The second kappa shape index (κ2) is 3.78. The number of nitro groups is 1. The highest BCUT2D eigenvalue weighted by molar-refractivity contribution is 7.13. The third kappa shape index (κ3) is 1.87. The molecule has 0 spiro atoms. The molecule has 15 heavy (non-hydrogen) atoms. The quantitative estimate of drug-likeness (QED) is 0.577. The highest BCUT2D eigenvalue weighted by Crippen LogP contribution is 2.31. The maximum Gasteiger partial charge on any atom is 0.279 e. The molecular weight excluding hydrogens is 212 g/mol. The SMILES string of the molecule is Cc1ccc(-c2nccs2)c([N+](=O)[O-])c1. The minimum Gasteiger partial charge on any atom is -0.258 e. The monoisotopic (exact) mass is 220 g/mol. The van der Waals surface area contributed by atoms with Gasteiger partial charge in [-0.15, -0.1) is 11.3 Å². The lowest BCUT2D eigenvalue weighted by Gasteiger charge is -2.00. The number of hydrogen-bond acceptors (Lipinski definition) is 4. The first-order valence-corrected chi connectivity index (χ1v) is 5.21. The van der Waals surface area contributed by atoms with Crippen molar-refractivity contribution in [3.8, 4) is 10.6 Å². The average molecular weight is 220 g/mol. The summed E-state index contributed by atoms with van der Waals surface area (Å²) in [5, 5.41) is 13.3. The van der Waals surface area contributed by atoms with Crippen LogP contribution in [0.2, 0.25) is 0 Å². The molecular formula is C10H8N2O2S. The largest absolute Gasteiger partial charge is 0.279 e. The van der Waals surface area contributed by atoms with Crippen molar-refractivity contribution < 1.29 is 4.92 Å². The molecule has 0 saturated carbocycles. The lowest BCUT2D eigenvalue weighted by molar-refractivity contribution is -0.384. The molecule has 0 saturated heterocycles. The first-order valence-electron chi connectivity index (χ1n) is 4.33. The summed E-state index contributed by atoms with van der Waals surface area (Å²) in [6, 6.07) is 5.16. The van der Waals surface area contributed by atoms with Crippen molar-refractivity contribution in [2.75, 3.05) is 0 Å². The van der Waals surface area contributed by atoms with Gasteiger partial charge < -0.3 is 0 Å². The summed E-state index contributed by atoms with van der Waals surface area (Å²) in [5.41, 5.74) is 1.58. The van der Waals surface area contributed by atoms with Crippen molar-refractivity contribution in [1.29, 1.82) is 0 Å². The Morgan fingerprint density at radius 1 is 1.47 bits per heavy atom. The van der Waals surface area contributed by atoms with Gasteiger partial charge >= 0.3 is 0 Å². The van der Waals surface area contributed by atoms with Crippen molar-refractivity contribution in [2.24, 2.45) is 0 Å². The normalized spacial score (nSPS) is 10.2. The van der Waals surface area contributed by atoms with Crippen LogP contribution in [-0.4, -0.2) is 9.91 Å². The van der Waals surface area contributed by atoms with Crippen LogP contribution < -0.4 is 0 Å². The summed E-state index contributed by atoms with van der Waals surface area (Å²) in [6.07, 6.45) is 1.64. The molecule has 2 aromatic rings. The average Bonchev–Trinajstić information content (AvgIpc) is 2.70.